The highest BCUT2D eigenvalue weighted by atomic mass is 16.7. The first-order chi connectivity index (χ1) is 15.2. The molecule has 174 valence electrons. The van der Waals surface area contributed by atoms with Crippen LogP contribution in [0.3, 0.4) is 0 Å². The van der Waals surface area contributed by atoms with Gasteiger partial charge in [0, 0.05) is 50.0 Å². The Labute approximate surface area is 190 Å². The molecule has 2 fully saturated rings. The highest BCUT2D eigenvalue weighted by Crippen LogP contribution is 2.59. The zero-order valence-corrected chi connectivity index (χ0v) is 20.0. The van der Waals surface area contributed by atoms with Gasteiger partial charge in [0.05, 0.1) is 24.8 Å². The number of carbonyl (C=O) groups excluding carboxylic acids is 1. The average Bonchev–Trinajstić information content (AvgIpc) is 3.49. The molecule has 0 N–H and O–H groups in total. The monoisotopic (exact) mass is 442 g/mol. The predicted molar refractivity (Wildman–Crippen MR) is 120 cm³/mol. The summed E-state index contributed by atoms with van der Waals surface area (Å²) in [5.41, 5.74) is 1.83. The van der Waals surface area contributed by atoms with Gasteiger partial charge in [-0.25, -0.2) is 11.4 Å². The Morgan fingerprint density at radius 2 is 1.78 bits per heavy atom. The SMILES string of the molecule is [C-]#[N+]C1(c2c(COC)c3c(c(C)c2C(=O)OC)OC(C)(C2CCC(N(C)C)CC2)O3)CC1. The number of methoxy groups -OCH3 is 2. The van der Waals surface area contributed by atoms with Gasteiger partial charge in [0.1, 0.15) is 0 Å². The molecule has 1 aromatic carbocycles. The Bertz CT molecular complexity index is 954. The molecule has 0 radical (unpaired) electrons. The van der Waals surface area contributed by atoms with Crippen LogP contribution >= 0.6 is 0 Å². The van der Waals surface area contributed by atoms with Crippen molar-refractivity contribution in [2.24, 2.45) is 5.92 Å². The van der Waals surface area contributed by atoms with Crippen LogP contribution in [0.4, 0.5) is 0 Å². The molecule has 2 aliphatic carbocycles. The van der Waals surface area contributed by atoms with Crippen molar-refractivity contribution in [3.63, 3.8) is 0 Å². The maximum absolute atomic E-state index is 12.9. The van der Waals surface area contributed by atoms with E-state index in [1.807, 2.05) is 13.8 Å². The van der Waals surface area contributed by atoms with E-state index in [1.165, 1.54) is 7.11 Å². The largest absolute Gasteiger partial charge is 0.465 e. The molecule has 0 aromatic heterocycles. The Morgan fingerprint density at radius 3 is 2.28 bits per heavy atom. The van der Waals surface area contributed by atoms with E-state index in [9.17, 15) is 4.79 Å². The van der Waals surface area contributed by atoms with Crippen molar-refractivity contribution in [2.75, 3.05) is 28.3 Å². The summed E-state index contributed by atoms with van der Waals surface area (Å²) in [5, 5.41) is 0. The lowest BCUT2D eigenvalue weighted by Crippen LogP contribution is -2.46. The molecule has 32 heavy (non-hydrogen) atoms. The van der Waals surface area contributed by atoms with Gasteiger partial charge in [-0.1, -0.05) is 0 Å². The number of ether oxygens (including phenoxy) is 4. The van der Waals surface area contributed by atoms with Gasteiger partial charge in [-0.05, 0) is 46.7 Å². The topological polar surface area (TPSA) is 61.6 Å². The number of carbonyl (C=O) groups is 1. The van der Waals surface area contributed by atoms with Crippen molar-refractivity contribution < 1.29 is 23.7 Å². The van der Waals surface area contributed by atoms with Crippen molar-refractivity contribution in [3.8, 4) is 11.5 Å². The molecule has 0 amide bonds. The Balaban J connectivity index is 1.79. The van der Waals surface area contributed by atoms with E-state index in [0.717, 1.165) is 31.2 Å². The molecule has 7 nitrogen and oxygen atoms in total. The third kappa shape index (κ3) is 3.54. The van der Waals surface area contributed by atoms with Gasteiger partial charge in [-0.3, -0.25) is 0 Å². The standard InChI is InChI=1S/C25H34N2O5/c1-15-19(23(28)30-7)20(25(26-3)12-13-25)18(14-29-6)22-21(15)31-24(2,32-22)16-8-10-17(11-9-16)27(4)5/h16-17H,8-14H2,1-2,4-7H3. The van der Waals surface area contributed by atoms with Gasteiger partial charge < -0.3 is 28.7 Å². The van der Waals surface area contributed by atoms with Crippen LogP contribution in [0.25, 0.3) is 4.85 Å². The normalized spacial score (nSPS) is 27.8. The van der Waals surface area contributed by atoms with Crippen LogP contribution < -0.4 is 9.47 Å². The zero-order valence-electron chi connectivity index (χ0n) is 20.0. The molecule has 1 heterocycles. The van der Waals surface area contributed by atoms with Gasteiger partial charge in [0.2, 0.25) is 0 Å². The fourth-order valence-corrected chi connectivity index (χ4v) is 5.50. The number of esters is 1. The number of nitrogens with zero attached hydrogens (tertiary/aromatic N) is 2. The summed E-state index contributed by atoms with van der Waals surface area (Å²) in [6.07, 6.45) is 5.63. The second kappa shape index (κ2) is 8.24. The molecule has 4 rings (SSSR count). The number of fused-ring (bicyclic) bond motifs is 1. The van der Waals surface area contributed by atoms with E-state index >= 15 is 0 Å². The van der Waals surface area contributed by atoms with Gasteiger partial charge in [0.15, 0.2) is 11.5 Å². The number of hydrogen-bond donors (Lipinski definition) is 0. The molecule has 0 spiro atoms. The third-order valence-electron chi connectivity index (χ3n) is 7.61. The van der Waals surface area contributed by atoms with Crippen LogP contribution in [0, 0.1) is 19.4 Å². The molecule has 3 aliphatic rings. The third-order valence-corrected chi connectivity index (χ3v) is 7.61. The molecular weight excluding hydrogens is 408 g/mol. The summed E-state index contributed by atoms with van der Waals surface area (Å²) in [6.45, 7) is 12.0. The molecule has 2 saturated carbocycles. The van der Waals surface area contributed by atoms with E-state index < -0.39 is 17.3 Å². The Morgan fingerprint density at radius 1 is 1.16 bits per heavy atom. The molecule has 0 saturated heterocycles. The van der Waals surface area contributed by atoms with E-state index in [1.54, 1.807) is 7.11 Å². The lowest BCUT2D eigenvalue weighted by molar-refractivity contribution is -0.123. The second-order valence-corrected chi connectivity index (χ2v) is 9.77. The summed E-state index contributed by atoms with van der Waals surface area (Å²) in [4.78, 5) is 19.1. The average molecular weight is 443 g/mol. The van der Waals surface area contributed by atoms with Crippen molar-refractivity contribution in [3.05, 3.63) is 33.7 Å². The van der Waals surface area contributed by atoms with E-state index in [-0.39, 0.29) is 12.5 Å². The number of rotatable bonds is 6. The maximum Gasteiger partial charge on any atom is 0.338 e. The van der Waals surface area contributed by atoms with Crippen LogP contribution in [-0.4, -0.2) is 51.0 Å². The molecule has 1 unspecified atom stereocenters. The quantitative estimate of drug-likeness (QED) is 0.479. The minimum atomic E-state index is -0.812. The molecule has 1 atom stereocenters. The van der Waals surface area contributed by atoms with E-state index in [2.05, 4.69) is 23.8 Å². The van der Waals surface area contributed by atoms with Gasteiger partial charge in [-0.2, -0.15) is 0 Å². The number of benzene rings is 1. The van der Waals surface area contributed by atoms with Crippen LogP contribution in [0.15, 0.2) is 0 Å². The van der Waals surface area contributed by atoms with E-state index in [4.69, 9.17) is 25.5 Å². The van der Waals surface area contributed by atoms with Gasteiger partial charge in [-0.15, -0.1) is 0 Å². The van der Waals surface area contributed by atoms with Crippen molar-refractivity contribution in [1.29, 1.82) is 0 Å². The fourth-order valence-electron chi connectivity index (χ4n) is 5.50. The highest BCUT2D eigenvalue weighted by Gasteiger charge is 2.58. The maximum atomic E-state index is 12.9. The predicted octanol–water partition coefficient (Wildman–Crippen LogP) is 4.44. The zero-order chi connectivity index (χ0) is 23.3. The van der Waals surface area contributed by atoms with Crippen LogP contribution in [0.1, 0.15) is 72.5 Å². The minimum absolute atomic E-state index is 0.238. The summed E-state index contributed by atoms with van der Waals surface area (Å²) in [5.74, 6) is 0.185. The van der Waals surface area contributed by atoms with Crippen LogP contribution in [0.5, 0.6) is 11.5 Å². The van der Waals surface area contributed by atoms with Crippen LogP contribution in [0.2, 0.25) is 0 Å². The lowest BCUT2D eigenvalue weighted by Gasteiger charge is -2.39. The first-order valence-electron chi connectivity index (χ1n) is 11.4. The van der Waals surface area contributed by atoms with Gasteiger partial charge >= 0.3 is 5.97 Å². The van der Waals surface area contributed by atoms with Gasteiger partial charge in [0.25, 0.3) is 11.3 Å². The first-order valence-corrected chi connectivity index (χ1v) is 11.4. The van der Waals surface area contributed by atoms with E-state index in [0.29, 0.717) is 47.1 Å². The molecule has 1 aromatic rings. The molecule has 1 aliphatic heterocycles. The number of hydrogen-bond acceptors (Lipinski definition) is 6. The summed E-state index contributed by atoms with van der Waals surface area (Å²) in [6, 6.07) is 0.579. The van der Waals surface area contributed by atoms with Crippen molar-refractivity contribution >= 4 is 5.97 Å². The smallest absolute Gasteiger partial charge is 0.338 e. The Hall–Kier alpha value is -2.30. The molecule has 7 heteroatoms. The minimum Gasteiger partial charge on any atom is -0.465 e. The molecule has 0 bridgehead atoms. The Kier molecular flexibility index (Phi) is 5.89. The van der Waals surface area contributed by atoms with Crippen molar-refractivity contribution in [2.45, 2.75) is 76.3 Å². The lowest BCUT2D eigenvalue weighted by atomic mass is 9.81. The first kappa shape index (κ1) is 22.9. The van der Waals surface area contributed by atoms with Crippen LogP contribution in [-0.2, 0) is 21.6 Å². The molecular formula is C25H34N2O5. The summed E-state index contributed by atoms with van der Waals surface area (Å²) in [7, 11) is 7.25. The highest BCUT2D eigenvalue weighted by molar-refractivity contribution is 5.96. The second-order valence-electron chi connectivity index (χ2n) is 9.77. The summed E-state index contributed by atoms with van der Waals surface area (Å²) < 4.78 is 23.8. The summed E-state index contributed by atoms with van der Waals surface area (Å²) >= 11 is 0. The fraction of sp³-hybridized carbons (Fsp3) is 0.680. The van der Waals surface area contributed by atoms with Crippen molar-refractivity contribution in [1.82, 2.24) is 4.90 Å².